The van der Waals surface area contributed by atoms with Gasteiger partial charge in [0.1, 0.15) is 12.4 Å². The van der Waals surface area contributed by atoms with E-state index in [4.69, 9.17) is 4.74 Å². The average molecular weight is 148 g/mol. The third-order valence-electron chi connectivity index (χ3n) is 1.73. The van der Waals surface area contributed by atoms with Gasteiger partial charge in [-0.1, -0.05) is 18.2 Å². The Balaban J connectivity index is 2.33. The van der Waals surface area contributed by atoms with Crippen molar-refractivity contribution in [3.8, 4) is 5.75 Å². The Hall–Kier alpha value is -1.02. The summed E-state index contributed by atoms with van der Waals surface area (Å²) < 4.78 is 5.36. The lowest BCUT2D eigenvalue weighted by molar-refractivity contribution is 0.405. The van der Waals surface area contributed by atoms with Crippen LogP contribution >= 0.6 is 0 Å². The van der Waals surface area contributed by atoms with Gasteiger partial charge in [0.25, 0.3) is 0 Å². The van der Waals surface area contributed by atoms with E-state index in [1.54, 1.807) is 6.61 Å². The van der Waals surface area contributed by atoms with Gasteiger partial charge in [0.15, 0.2) is 0 Å². The smallest absolute Gasteiger partial charge is 0.149 e. The van der Waals surface area contributed by atoms with Crippen LogP contribution in [0.25, 0.3) is 0 Å². The van der Waals surface area contributed by atoms with Crippen LogP contribution < -0.4 is 10.1 Å². The molecule has 0 atom stereocenters. The number of hydrogen-bond donors (Lipinski definition) is 1. The van der Waals surface area contributed by atoms with Crippen molar-refractivity contribution < 1.29 is 4.74 Å². The second-order valence-electron chi connectivity index (χ2n) is 2.52. The van der Waals surface area contributed by atoms with E-state index in [2.05, 4.69) is 11.4 Å². The lowest BCUT2D eigenvalue weighted by atomic mass is 10.2. The lowest BCUT2D eigenvalue weighted by Crippen LogP contribution is -2.12. The fourth-order valence-electron chi connectivity index (χ4n) is 1.16. The summed E-state index contributed by atoms with van der Waals surface area (Å²) in [5.74, 6) is 0.970. The summed E-state index contributed by atoms with van der Waals surface area (Å²) in [4.78, 5) is 0. The molecule has 1 aromatic rings. The van der Waals surface area contributed by atoms with Gasteiger partial charge in [-0.3, -0.25) is 0 Å². The van der Waals surface area contributed by atoms with Crippen LogP contribution in [0.1, 0.15) is 5.56 Å². The monoisotopic (exact) mass is 148 g/mol. The number of para-hydroxylation sites is 1. The van der Waals surface area contributed by atoms with Crippen LogP contribution in [0, 0.1) is 6.61 Å². The second-order valence-corrected chi connectivity index (χ2v) is 2.52. The van der Waals surface area contributed by atoms with Crippen LogP contribution in [-0.2, 0) is 6.54 Å². The Morgan fingerprint density at radius 2 is 2.18 bits per heavy atom. The maximum atomic E-state index is 5.36. The zero-order valence-electron chi connectivity index (χ0n) is 6.21. The molecule has 1 radical (unpaired) electrons. The van der Waals surface area contributed by atoms with E-state index >= 15 is 0 Å². The molecule has 0 aromatic heterocycles. The second kappa shape index (κ2) is 2.93. The molecule has 0 fully saturated rings. The Morgan fingerprint density at radius 1 is 1.27 bits per heavy atom. The fraction of sp³-hybridized carbons (Fsp3) is 0.222. The first-order chi connectivity index (χ1) is 5.47. The van der Waals surface area contributed by atoms with Crippen LogP contribution in [0.2, 0.25) is 0 Å². The highest BCUT2D eigenvalue weighted by Crippen LogP contribution is 2.19. The van der Waals surface area contributed by atoms with E-state index in [1.165, 1.54) is 5.56 Å². The summed E-state index contributed by atoms with van der Waals surface area (Å²) in [5.41, 5.74) is 1.22. The molecule has 57 valence electrons. The molecular weight excluding hydrogens is 138 g/mol. The van der Waals surface area contributed by atoms with Crippen molar-refractivity contribution in [2.24, 2.45) is 0 Å². The predicted octanol–water partition coefficient (Wildman–Crippen LogP) is 1.33. The number of benzene rings is 1. The van der Waals surface area contributed by atoms with Crippen molar-refractivity contribution in [2.45, 2.75) is 6.54 Å². The van der Waals surface area contributed by atoms with Gasteiger partial charge < -0.3 is 10.1 Å². The average Bonchev–Trinajstić information content (AvgIpc) is 2.28. The Bertz CT molecular complexity index is 222. The molecule has 1 aliphatic rings. The number of ether oxygens (including phenoxy) is 1. The Labute approximate surface area is 66.2 Å². The minimum Gasteiger partial charge on any atom is -0.485 e. The topological polar surface area (TPSA) is 21.3 Å². The van der Waals surface area contributed by atoms with E-state index in [-0.39, 0.29) is 0 Å². The first-order valence-corrected chi connectivity index (χ1v) is 3.74. The minimum absolute atomic E-state index is 0.814. The molecule has 2 heteroatoms. The first-order valence-electron chi connectivity index (χ1n) is 3.74. The lowest BCUT2D eigenvalue weighted by Gasteiger charge is -2.03. The van der Waals surface area contributed by atoms with Crippen molar-refractivity contribution in [1.29, 1.82) is 0 Å². The molecule has 0 amide bonds. The van der Waals surface area contributed by atoms with Crippen molar-refractivity contribution in [2.75, 3.05) is 6.54 Å². The maximum Gasteiger partial charge on any atom is 0.149 e. The van der Waals surface area contributed by atoms with Crippen molar-refractivity contribution in [3.05, 3.63) is 36.4 Å². The summed E-state index contributed by atoms with van der Waals surface area (Å²) in [6, 6.07) is 8.06. The normalized spacial score (nSPS) is 16.4. The third kappa shape index (κ3) is 1.35. The predicted molar refractivity (Wildman–Crippen MR) is 43.1 cm³/mol. The standard InChI is InChI=1S/C9H10NO/c1-2-4-9-8(3-1)7-10-5-6-11-9/h1-4,6,10H,5,7H2. The SMILES string of the molecule is [CH]1CNCc2ccccc2O1. The molecule has 1 N–H and O–H groups in total. The van der Waals surface area contributed by atoms with Gasteiger partial charge in [-0.05, 0) is 6.07 Å². The van der Waals surface area contributed by atoms with Crippen LogP contribution in [-0.4, -0.2) is 6.54 Å². The van der Waals surface area contributed by atoms with Crippen LogP contribution in [0.5, 0.6) is 5.75 Å². The summed E-state index contributed by atoms with van der Waals surface area (Å²) in [7, 11) is 0. The zero-order valence-corrected chi connectivity index (χ0v) is 6.21. The molecule has 1 heterocycles. The fourth-order valence-corrected chi connectivity index (χ4v) is 1.16. The molecule has 2 rings (SSSR count). The highest BCUT2D eigenvalue weighted by atomic mass is 16.5. The quantitative estimate of drug-likeness (QED) is 0.599. The minimum atomic E-state index is 0.814. The molecule has 0 unspecified atom stereocenters. The van der Waals surface area contributed by atoms with E-state index in [9.17, 15) is 0 Å². The summed E-state index contributed by atoms with van der Waals surface area (Å²) in [6.45, 7) is 3.49. The van der Waals surface area contributed by atoms with Crippen molar-refractivity contribution in [1.82, 2.24) is 5.32 Å². The summed E-state index contributed by atoms with van der Waals surface area (Å²) in [5, 5.41) is 3.22. The first kappa shape index (κ1) is 6.68. The number of hydrogen-bond acceptors (Lipinski definition) is 2. The molecule has 0 saturated heterocycles. The van der Waals surface area contributed by atoms with Crippen LogP contribution in [0.15, 0.2) is 24.3 Å². The van der Waals surface area contributed by atoms with Gasteiger partial charge in [-0.2, -0.15) is 0 Å². The van der Waals surface area contributed by atoms with Gasteiger partial charge >= 0.3 is 0 Å². The molecule has 11 heavy (non-hydrogen) atoms. The van der Waals surface area contributed by atoms with E-state index in [0.717, 1.165) is 18.8 Å². The number of fused-ring (bicyclic) bond motifs is 1. The largest absolute Gasteiger partial charge is 0.485 e. The molecule has 2 nitrogen and oxygen atoms in total. The molecule has 0 saturated carbocycles. The molecule has 1 aliphatic heterocycles. The molecule has 0 aliphatic carbocycles. The molecular formula is C9H10NO. The van der Waals surface area contributed by atoms with E-state index in [0.29, 0.717) is 0 Å². The summed E-state index contributed by atoms with van der Waals surface area (Å²) in [6.07, 6.45) is 0. The van der Waals surface area contributed by atoms with Crippen molar-refractivity contribution >= 4 is 0 Å². The van der Waals surface area contributed by atoms with Crippen LogP contribution in [0.4, 0.5) is 0 Å². The summed E-state index contributed by atoms with van der Waals surface area (Å²) >= 11 is 0. The Kier molecular flexibility index (Phi) is 1.78. The molecule has 1 aromatic carbocycles. The zero-order chi connectivity index (χ0) is 7.52. The number of nitrogens with one attached hydrogen (secondary N) is 1. The van der Waals surface area contributed by atoms with Crippen LogP contribution in [0.3, 0.4) is 0 Å². The molecule has 0 bridgehead atoms. The van der Waals surface area contributed by atoms with Gasteiger partial charge in [0.2, 0.25) is 0 Å². The van der Waals surface area contributed by atoms with Gasteiger partial charge in [0.05, 0.1) is 0 Å². The third-order valence-corrected chi connectivity index (χ3v) is 1.73. The van der Waals surface area contributed by atoms with Crippen molar-refractivity contribution in [3.63, 3.8) is 0 Å². The van der Waals surface area contributed by atoms with Gasteiger partial charge in [-0.25, -0.2) is 0 Å². The van der Waals surface area contributed by atoms with Gasteiger partial charge in [0, 0.05) is 18.7 Å². The van der Waals surface area contributed by atoms with Gasteiger partial charge in [-0.15, -0.1) is 0 Å². The highest BCUT2D eigenvalue weighted by molar-refractivity contribution is 5.34. The highest BCUT2D eigenvalue weighted by Gasteiger charge is 2.05. The number of rotatable bonds is 0. The maximum absolute atomic E-state index is 5.36. The van der Waals surface area contributed by atoms with E-state index < -0.39 is 0 Å². The Morgan fingerprint density at radius 3 is 3.18 bits per heavy atom. The van der Waals surface area contributed by atoms with E-state index in [1.807, 2.05) is 18.2 Å². The molecule has 0 spiro atoms.